The first-order chi connectivity index (χ1) is 16.0. The molecule has 0 spiro atoms. The van der Waals surface area contributed by atoms with Crippen LogP contribution in [0, 0.1) is 0 Å². The Kier molecular flexibility index (Phi) is 6.99. The van der Waals surface area contributed by atoms with E-state index in [0.717, 1.165) is 29.1 Å². The van der Waals surface area contributed by atoms with Crippen LogP contribution in [0.2, 0.25) is 0 Å². The highest BCUT2D eigenvalue weighted by atomic mass is 32.2. The van der Waals surface area contributed by atoms with Crippen LogP contribution in [0.5, 0.6) is 5.75 Å². The second-order valence-electron chi connectivity index (χ2n) is 7.96. The van der Waals surface area contributed by atoms with Crippen molar-refractivity contribution in [2.24, 2.45) is 0 Å². The number of hydrogen-bond acceptors (Lipinski definition) is 4. The topological polar surface area (TPSA) is 75.7 Å². The lowest BCUT2D eigenvalue weighted by molar-refractivity contribution is -0.120. The average Bonchev–Trinajstić information content (AvgIpc) is 2.84. The number of nitrogens with one attached hydrogen (secondary N) is 1. The van der Waals surface area contributed by atoms with Crippen molar-refractivity contribution in [3.63, 3.8) is 0 Å². The summed E-state index contributed by atoms with van der Waals surface area (Å²) in [5.41, 5.74) is 2.78. The quantitative estimate of drug-likeness (QED) is 0.534. The Balaban J connectivity index is 1.59. The van der Waals surface area contributed by atoms with Crippen LogP contribution >= 0.6 is 0 Å². The molecular formula is C26H28N2O4S. The molecule has 4 rings (SSSR count). The fraction of sp³-hybridized carbons (Fsp3) is 0.269. The van der Waals surface area contributed by atoms with Crippen molar-refractivity contribution in [2.75, 3.05) is 17.5 Å². The Hall–Kier alpha value is -3.32. The molecule has 33 heavy (non-hydrogen) atoms. The number of amides is 1. The van der Waals surface area contributed by atoms with Crippen molar-refractivity contribution in [2.45, 2.75) is 37.1 Å². The Labute approximate surface area is 195 Å². The lowest BCUT2D eigenvalue weighted by atomic mass is 9.88. The van der Waals surface area contributed by atoms with Crippen LogP contribution in [0.1, 0.15) is 36.9 Å². The summed E-state index contributed by atoms with van der Waals surface area (Å²) < 4.78 is 33.6. The van der Waals surface area contributed by atoms with E-state index in [4.69, 9.17) is 4.74 Å². The molecule has 0 aliphatic heterocycles. The molecule has 0 saturated heterocycles. The first-order valence-electron chi connectivity index (χ1n) is 11.2. The normalized spacial score (nSPS) is 15.4. The first kappa shape index (κ1) is 22.9. The third kappa shape index (κ3) is 5.20. The van der Waals surface area contributed by atoms with Crippen molar-refractivity contribution >= 4 is 21.6 Å². The number of hydrogen-bond donors (Lipinski definition) is 1. The summed E-state index contributed by atoms with van der Waals surface area (Å²) in [6.45, 7) is 2.05. The van der Waals surface area contributed by atoms with Gasteiger partial charge in [-0.1, -0.05) is 42.5 Å². The SMILES string of the molecule is CCOc1ccc(S(=O)(=O)N(CC(=O)N[C@@H]2CCCc3ccccc32)c2ccccc2)cc1. The smallest absolute Gasteiger partial charge is 0.264 e. The monoisotopic (exact) mass is 464 g/mol. The van der Waals surface area contributed by atoms with E-state index in [0.29, 0.717) is 18.0 Å². The number of sulfonamides is 1. The molecule has 3 aromatic carbocycles. The molecule has 172 valence electrons. The maximum absolute atomic E-state index is 13.5. The fourth-order valence-electron chi connectivity index (χ4n) is 4.19. The summed E-state index contributed by atoms with van der Waals surface area (Å²) in [5, 5.41) is 3.06. The van der Waals surface area contributed by atoms with Crippen LogP contribution in [0.25, 0.3) is 0 Å². The number of carbonyl (C=O) groups excluding carboxylic acids is 1. The van der Waals surface area contributed by atoms with Gasteiger partial charge in [-0.25, -0.2) is 8.42 Å². The second kappa shape index (κ2) is 10.1. The molecule has 0 fully saturated rings. The van der Waals surface area contributed by atoms with E-state index in [2.05, 4.69) is 11.4 Å². The molecule has 1 aliphatic rings. The number of ether oxygens (including phenoxy) is 1. The van der Waals surface area contributed by atoms with Crippen molar-refractivity contribution in [1.82, 2.24) is 5.32 Å². The molecule has 7 heteroatoms. The van der Waals surface area contributed by atoms with E-state index in [1.165, 1.54) is 17.7 Å². The minimum Gasteiger partial charge on any atom is -0.494 e. The average molecular weight is 465 g/mol. The van der Waals surface area contributed by atoms with Crippen LogP contribution in [-0.2, 0) is 21.2 Å². The van der Waals surface area contributed by atoms with E-state index < -0.39 is 10.0 Å². The van der Waals surface area contributed by atoms with Gasteiger partial charge in [0, 0.05) is 0 Å². The standard InChI is InChI=1S/C26H28N2O4S/c1-2-32-22-15-17-23(18-16-22)33(30,31)28(21-11-4-3-5-12-21)19-26(29)27-25-14-8-10-20-9-6-7-13-24(20)25/h3-7,9,11-13,15-18,25H,2,8,10,14,19H2,1H3,(H,27,29)/t25-/m1/s1. The molecule has 0 bridgehead atoms. The Morgan fingerprint density at radius 2 is 1.70 bits per heavy atom. The number of rotatable bonds is 8. The van der Waals surface area contributed by atoms with Gasteiger partial charge in [-0.15, -0.1) is 0 Å². The van der Waals surface area contributed by atoms with E-state index in [1.807, 2.05) is 31.2 Å². The van der Waals surface area contributed by atoms with Crippen LogP contribution in [0.4, 0.5) is 5.69 Å². The highest BCUT2D eigenvalue weighted by Crippen LogP contribution is 2.30. The summed E-state index contributed by atoms with van der Waals surface area (Å²) in [6.07, 6.45) is 2.80. The van der Waals surface area contributed by atoms with Crippen LogP contribution in [-0.4, -0.2) is 27.5 Å². The maximum Gasteiger partial charge on any atom is 0.264 e. The molecule has 0 saturated carbocycles. The van der Waals surface area contributed by atoms with Gasteiger partial charge in [-0.3, -0.25) is 9.10 Å². The molecule has 1 N–H and O–H groups in total. The molecule has 0 unspecified atom stereocenters. The molecule has 1 atom stereocenters. The zero-order valence-electron chi connectivity index (χ0n) is 18.6. The number of nitrogens with zero attached hydrogens (tertiary/aromatic N) is 1. The Morgan fingerprint density at radius 3 is 2.42 bits per heavy atom. The summed E-state index contributed by atoms with van der Waals surface area (Å²) in [6, 6.07) is 22.9. The van der Waals surface area contributed by atoms with E-state index in [9.17, 15) is 13.2 Å². The fourth-order valence-corrected chi connectivity index (χ4v) is 5.61. The second-order valence-corrected chi connectivity index (χ2v) is 9.83. The van der Waals surface area contributed by atoms with Crippen molar-refractivity contribution in [1.29, 1.82) is 0 Å². The highest BCUT2D eigenvalue weighted by Gasteiger charge is 2.29. The van der Waals surface area contributed by atoms with Gasteiger partial charge in [0.25, 0.3) is 10.0 Å². The first-order valence-corrected chi connectivity index (χ1v) is 12.6. The minimum atomic E-state index is -3.97. The Morgan fingerprint density at radius 1 is 1.00 bits per heavy atom. The van der Waals surface area contributed by atoms with Gasteiger partial charge >= 0.3 is 0 Å². The van der Waals surface area contributed by atoms with Gasteiger partial charge in [-0.05, 0) is 73.7 Å². The van der Waals surface area contributed by atoms with Crippen molar-refractivity contribution < 1.29 is 17.9 Å². The molecule has 1 aliphatic carbocycles. The Bertz CT molecular complexity index is 1190. The van der Waals surface area contributed by atoms with Gasteiger partial charge in [0.15, 0.2) is 0 Å². The molecular weight excluding hydrogens is 436 g/mol. The van der Waals surface area contributed by atoms with Crippen LogP contribution < -0.4 is 14.4 Å². The number of carbonyl (C=O) groups is 1. The molecule has 6 nitrogen and oxygen atoms in total. The zero-order chi connectivity index (χ0) is 23.3. The van der Waals surface area contributed by atoms with Gasteiger partial charge in [0.1, 0.15) is 12.3 Å². The molecule has 0 heterocycles. The minimum absolute atomic E-state index is 0.102. The van der Waals surface area contributed by atoms with Crippen LogP contribution in [0.3, 0.4) is 0 Å². The van der Waals surface area contributed by atoms with Gasteiger partial charge in [0.05, 0.1) is 23.2 Å². The van der Waals surface area contributed by atoms with E-state index in [1.54, 1.807) is 36.4 Å². The summed E-state index contributed by atoms with van der Waals surface area (Å²) >= 11 is 0. The van der Waals surface area contributed by atoms with Gasteiger partial charge < -0.3 is 10.1 Å². The number of benzene rings is 3. The molecule has 3 aromatic rings. The lowest BCUT2D eigenvalue weighted by Gasteiger charge is -2.28. The maximum atomic E-state index is 13.5. The summed E-state index contributed by atoms with van der Waals surface area (Å²) in [4.78, 5) is 13.2. The van der Waals surface area contributed by atoms with E-state index in [-0.39, 0.29) is 23.4 Å². The number of para-hydroxylation sites is 1. The number of anilines is 1. The number of fused-ring (bicyclic) bond motifs is 1. The zero-order valence-corrected chi connectivity index (χ0v) is 19.4. The van der Waals surface area contributed by atoms with E-state index >= 15 is 0 Å². The van der Waals surface area contributed by atoms with Crippen molar-refractivity contribution in [3.8, 4) is 5.75 Å². The summed E-state index contributed by atoms with van der Waals surface area (Å²) in [5.74, 6) is 0.256. The third-order valence-electron chi connectivity index (χ3n) is 5.76. The van der Waals surface area contributed by atoms with Crippen LogP contribution in [0.15, 0.2) is 83.8 Å². The predicted molar refractivity (Wildman–Crippen MR) is 129 cm³/mol. The predicted octanol–water partition coefficient (Wildman–Crippen LogP) is 4.47. The lowest BCUT2D eigenvalue weighted by Crippen LogP contribution is -2.42. The third-order valence-corrected chi connectivity index (χ3v) is 7.55. The number of aryl methyl sites for hydroxylation is 1. The van der Waals surface area contributed by atoms with Crippen molar-refractivity contribution in [3.05, 3.63) is 90.0 Å². The van der Waals surface area contributed by atoms with Gasteiger partial charge in [0.2, 0.25) is 5.91 Å². The molecule has 0 radical (unpaired) electrons. The molecule has 0 aromatic heterocycles. The highest BCUT2D eigenvalue weighted by molar-refractivity contribution is 7.92. The van der Waals surface area contributed by atoms with Gasteiger partial charge in [-0.2, -0.15) is 0 Å². The summed E-state index contributed by atoms with van der Waals surface area (Å²) in [7, 11) is -3.97. The molecule has 1 amide bonds. The largest absolute Gasteiger partial charge is 0.494 e.